The lowest BCUT2D eigenvalue weighted by molar-refractivity contribution is -0.143. The Morgan fingerprint density at radius 2 is 1.80 bits per heavy atom. The van der Waals surface area contributed by atoms with Crippen molar-refractivity contribution < 1.29 is 14.3 Å². The molecule has 0 heterocycles. The highest BCUT2D eigenvalue weighted by atomic mass is 16.5. The fourth-order valence-electron chi connectivity index (χ4n) is 3.46. The van der Waals surface area contributed by atoms with Gasteiger partial charge < -0.3 is 9.47 Å². The van der Waals surface area contributed by atoms with Crippen LogP contribution in [0.1, 0.15) is 26.2 Å². The number of carbonyl (C=O) groups excluding carboxylic acids is 1. The SMILES string of the molecule is COC[C@@H]1[C@H]2CC[C@H](C2)[C@@H]1COC(C)=O. The molecule has 4 atom stereocenters. The van der Waals surface area contributed by atoms with Crippen LogP contribution in [0.3, 0.4) is 0 Å². The van der Waals surface area contributed by atoms with Crippen LogP contribution >= 0.6 is 0 Å². The predicted octanol–water partition coefficient (Wildman–Crippen LogP) is 1.86. The molecule has 0 aromatic carbocycles. The highest BCUT2D eigenvalue weighted by Gasteiger charge is 2.47. The molecule has 2 rings (SSSR count). The maximum Gasteiger partial charge on any atom is 0.302 e. The van der Waals surface area contributed by atoms with E-state index in [1.54, 1.807) is 7.11 Å². The highest BCUT2D eigenvalue weighted by molar-refractivity contribution is 5.65. The molecule has 0 radical (unpaired) electrons. The Labute approximate surface area is 91.1 Å². The average molecular weight is 212 g/mol. The van der Waals surface area contributed by atoms with Gasteiger partial charge in [-0.2, -0.15) is 0 Å². The van der Waals surface area contributed by atoms with E-state index in [9.17, 15) is 4.79 Å². The summed E-state index contributed by atoms with van der Waals surface area (Å²) in [7, 11) is 1.76. The summed E-state index contributed by atoms with van der Waals surface area (Å²) in [6, 6.07) is 0. The van der Waals surface area contributed by atoms with E-state index in [0.29, 0.717) is 18.4 Å². The molecule has 0 aromatic heterocycles. The van der Waals surface area contributed by atoms with Gasteiger partial charge in [-0.3, -0.25) is 4.79 Å². The molecule has 3 heteroatoms. The summed E-state index contributed by atoms with van der Waals surface area (Å²) < 4.78 is 10.4. The van der Waals surface area contributed by atoms with Gasteiger partial charge >= 0.3 is 5.97 Å². The standard InChI is InChI=1S/C12H20O3/c1-8(13)15-7-12-10-4-3-9(5-10)11(12)6-14-2/h9-12H,3-7H2,1-2H3/t9-,10+,11+,12-/m0/s1. The first-order chi connectivity index (χ1) is 7.22. The molecule has 2 aliphatic carbocycles. The van der Waals surface area contributed by atoms with Crippen LogP contribution in [-0.4, -0.2) is 26.3 Å². The molecule has 2 fully saturated rings. The van der Waals surface area contributed by atoms with Gasteiger partial charge in [0, 0.05) is 26.6 Å². The second kappa shape index (κ2) is 4.52. The van der Waals surface area contributed by atoms with Crippen molar-refractivity contribution >= 4 is 5.97 Å². The van der Waals surface area contributed by atoms with E-state index < -0.39 is 0 Å². The fourth-order valence-corrected chi connectivity index (χ4v) is 3.46. The molecule has 0 amide bonds. The average Bonchev–Trinajstić information content (AvgIpc) is 2.76. The van der Waals surface area contributed by atoms with Gasteiger partial charge in [-0.25, -0.2) is 0 Å². The van der Waals surface area contributed by atoms with Crippen molar-refractivity contribution in [2.75, 3.05) is 20.3 Å². The Bertz CT molecular complexity index is 239. The molecule has 2 aliphatic rings. The molecule has 0 unspecified atom stereocenters. The van der Waals surface area contributed by atoms with E-state index >= 15 is 0 Å². The molecule has 2 bridgehead atoms. The van der Waals surface area contributed by atoms with Crippen molar-refractivity contribution in [1.82, 2.24) is 0 Å². The molecule has 0 aliphatic heterocycles. The lowest BCUT2D eigenvalue weighted by Gasteiger charge is -2.29. The van der Waals surface area contributed by atoms with Gasteiger partial charge in [0.2, 0.25) is 0 Å². The summed E-state index contributed by atoms with van der Waals surface area (Å²) in [4.78, 5) is 10.8. The van der Waals surface area contributed by atoms with Gasteiger partial charge in [-0.15, -0.1) is 0 Å². The first-order valence-corrected chi connectivity index (χ1v) is 5.84. The van der Waals surface area contributed by atoms with Crippen molar-refractivity contribution in [3.63, 3.8) is 0 Å². The summed E-state index contributed by atoms with van der Waals surface area (Å²) >= 11 is 0. The summed E-state index contributed by atoms with van der Waals surface area (Å²) in [5.74, 6) is 2.60. The number of hydrogen-bond donors (Lipinski definition) is 0. The second-order valence-electron chi connectivity index (χ2n) is 4.92. The van der Waals surface area contributed by atoms with Gasteiger partial charge in [-0.1, -0.05) is 0 Å². The summed E-state index contributed by atoms with van der Waals surface area (Å²) in [5, 5.41) is 0. The van der Waals surface area contributed by atoms with Gasteiger partial charge in [0.25, 0.3) is 0 Å². The number of fused-ring (bicyclic) bond motifs is 2. The lowest BCUT2D eigenvalue weighted by atomic mass is 9.80. The topological polar surface area (TPSA) is 35.5 Å². The zero-order valence-corrected chi connectivity index (χ0v) is 9.57. The van der Waals surface area contributed by atoms with Crippen molar-refractivity contribution in [3.8, 4) is 0 Å². The molecule has 15 heavy (non-hydrogen) atoms. The first-order valence-electron chi connectivity index (χ1n) is 5.84. The third kappa shape index (κ3) is 2.17. The van der Waals surface area contributed by atoms with Crippen LogP contribution in [0.15, 0.2) is 0 Å². The molecule has 0 saturated heterocycles. The molecule has 2 saturated carbocycles. The summed E-state index contributed by atoms with van der Waals surface area (Å²) in [5.41, 5.74) is 0. The van der Waals surface area contributed by atoms with Gasteiger partial charge in [-0.05, 0) is 37.0 Å². The number of ether oxygens (including phenoxy) is 2. The van der Waals surface area contributed by atoms with E-state index in [2.05, 4.69) is 0 Å². The third-order valence-electron chi connectivity index (χ3n) is 4.11. The van der Waals surface area contributed by atoms with Gasteiger partial charge in [0.05, 0.1) is 6.61 Å². The highest BCUT2D eigenvalue weighted by Crippen LogP contribution is 2.52. The molecular weight excluding hydrogens is 192 g/mol. The van der Waals surface area contributed by atoms with E-state index in [0.717, 1.165) is 18.4 Å². The van der Waals surface area contributed by atoms with Crippen LogP contribution in [0.5, 0.6) is 0 Å². The molecule has 0 spiro atoms. The molecular formula is C12H20O3. The van der Waals surface area contributed by atoms with Crippen LogP contribution < -0.4 is 0 Å². The van der Waals surface area contributed by atoms with Crippen LogP contribution in [0.25, 0.3) is 0 Å². The minimum absolute atomic E-state index is 0.158. The number of hydrogen-bond acceptors (Lipinski definition) is 3. The van der Waals surface area contributed by atoms with Crippen LogP contribution in [0.2, 0.25) is 0 Å². The Morgan fingerprint density at radius 3 is 2.33 bits per heavy atom. The Hall–Kier alpha value is -0.570. The van der Waals surface area contributed by atoms with E-state index in [1.165, 1.54) is 26.2 Å². The summed E-state index contributed by atoms with van der Waals surface area (Å²) in [6.45, 7) is 2.91. The van der Waals surface area contributed by atoms with Crippen molar-refractivity contribution in [2.24, 2.45) is 23.7 Å². The van der Waals surface area contributed by atoms with E-state index in [4.69, 9.17) is 9.47 Å². The van der Waals surface area contributed by atoms with E-state index in [1.807, 2.05) is 0 Å². The first kappa shape index (κ1) is 10.9. The van der Waals surface area contributed by atoms with Crippen LogP contribution in [-0.2, 0) is 14.3 Å². The minimum atomic E-state index is -0.158. The number of methoxy groups -OCH3 is 1. The quantitative estimate of drug-likeness (QED) is 0.667. The molecule has 86 valence electrons. The summed E-state index contributed by atoms with van der Waals surface area (Å²) in [6.07, 6.45) is 3.98. The third-order valence-corrected chi connectivity index (χ3v) is 4.11. The van der Waals surface area contributed by atoms with E-state index in [-0.39, 0.29) is 5.97 Å². The smallest absolute Gasteiger partial charge is 0.302 e. The zero-order chi connectivity index (χ0) is 10.8. The Balaban J connectivity index is 1.92. The zero-order valence-electron chi connectivity index (χ0n) is 9.57. The predicted molar refractivity (Wildman–Crippen MR) is 56.3 cm³/mol. The largest absolute Gasteiger partial charge is 0.466 e. The van der Waals surface area contributed by atoms with Gasteiger partial charge in [0.1, 0.15) is 0 Å². The molecule has 0 aromatic rings. The van der Waals surface area contributed by atoms with Crippen LogP contribution in [0.4, 0.5) is 0 Å². The normalized spacial score (nSPS) is 38.3. The maximum absolute atomic E-state index is 10.8. The van der Waals surface area contributed by atoms with Crippen LogP contribution in [0, 0.1) is 23.7 Å². The minimum Gasteiger partial charge on any atom is -0.466 e. The fraction of sp³-hybridized carbons (Fsp3) is 0.917. The van der Waals surface area contributed by atoms with Crippen molar-refractivity contribution in [2.45, 2.75) is 26.2 Å². The Kier molecular flexibility index (Phi) is 3.29. The van der Waals surface area contributed by atoms with Crippen molar-refractivity contribution in [3.05, 3.63) is 0 Å². The number of esters is 1. The van der Waals surface area contributed by atoms with Crippen molar-refractivity contribution in [1.29, 1.82) is 0 Å². The molecule has 0 N–H and O–H groups in total. The Morgan fingerprint density at radius 1 is 1.20 bits per heavy atom. The number of carbonyl (C=O) groups is 1. The number of rotatable bonds is 4. The second-order valence-corrected chi connectivity index (χ2v) is 4.92. The maximum atomic E-state index is 10.8. The molecule has 3 nitrogen and oxygen atoms in total. The monoisotopic (exact) mass is 212 g/mol. The lowest BCUT2D eigenvalue weighted by Crippen LogP contribution is -2.30. The van der Waals surface area contributed by atoms with Gasteiger partial charge in [0.15, 0.2) is 0 Å².